The van der Waals surface area contributed by atoms with Crippen molar-refractivity contribution >= 4 is 5.91 Å². The maximum absolute atomic E-state index is 12.5. The van der Waals surface area contributed by atoms with Crippen LogP contribution in [0.4, 0.5) is 0 Å². The average Bonchev–Trinajstić information content (AvgIpc) is 3.29. The molecule has 1 aliphatic rings. The fourth-order valence-electron chi connectivity index (χ4n) is 3.92. The molecule has 146 valence electrons. The zero-order chi connectivity index (χ0) is 19.7. The molecule has 1 amide bonds. The van der Waals surface area contributed by atoms with Gasteiger partial charge in [0.25, 0.3) is 0 Å². The first kappa shape index (κ1) is 18.5. The molecule has 0 aliphatic heterocycles. The number of rotatable bonds is 5. The van der Waals surface area contributed by atoms with Crippen LogP contribution in [0.5, 0.6) is 0 Å². The summed E-state index contributed by atoms with van der Waals surface area (Å²) in [5.41, 5.74) is 5.99. The Morgan fingerprint density at radius 3 is 2.86 bits per heavy atom. The van der Waals surface area contributed by atoms with Gasteiger partial charge in [-0.05, 0) is 63.3 Å². The lowest BCUT2D eigenvalue weighted by atomic mass is 9.92. The first-order chi connectivity index (χ1) is 13.5. The molecule has 6 heteroatoms. The molecule has 0 fully saturated rings. The van der Waals surface area contributed by atoms with Crippen LogP contribution in [0.2, 0.25) is 0 Å². The molecular weight excluding hydrogens is 350 g/mol. The highest BCUT2D eigenvalue weighted by Gasteiger charge is 2.26. The van der Waals surface area contributed by atoms with Crippen molar-refractivity contribution in [1.29, 1.82) is 0 Å². The Labute approximate surface area is 165 Å². The number of nitrogens with one attached hydrogen (secondary N) is 1. The van der Waals surface area contributed by atoms with E-state index in [1.165, 1.54) is 16.8 Å². The summed E-state index contributed by atoms with van der Waals surface area (Å²) in [6.07, 6.45) is 9.05. The Morgan fingerprint density at radius 1 is 1.25 bits per heavy atom. The van der Waals surface area contributed by atoms with E-state index in [1.54, 1.807) is 6.20 Å². The lowest BCUT2D eigenvalue weighted by Crippen LogP contribution is -2.31. The van der Waals surface area contributed by atoms with Gasteiger partial charge in [-0.2, -0.15) is 5.10 Å². The Hall–Kier alpha value is -2.89. The van der Waals surface area contributed by atoms with Gasteiger partial charge in [-0.3, -0.25) is 4.79 Å². The molecule has 1 aliphatic carbocycles. The number of imidazole rings is 1. The molecule has 0 spiro atoms. The minimum Gasteiger partial charge on any atom is -0.349 e. The summed E-state index contributed by atoms with van der Waals surface area (Å²) in [6, 6.07) is 6.48. The van der Waals surface area contributed by atoms with Crippen LogP contribution in [0.15, 0.2) is 36.8 Å². The van der Waals surface area contributed by atoms with Crippen molar-refractivity contribution in [3.8, 4) is 5.69 Å². The topological polar surface area (TPSA) is 64.7 Å². The number of carbonyl (C=O) groups is 1. The smallest absolute Gasteiger partial charge is 0.222 e. The fourth-order valence-corrected chi connectivity index (χ4v) is 3.92. The number of aryl methyl sites for hydroxylation is 4. The quantitative estimate of drug-likeness (QED) is 0.739. The molecule has 1 N–H and O–H groups in total. The standard InChI is InChI=1S/C22H27N5O/c1-15-7-8-18(13-16(15)2)27-21-6-4-5-20(19(21)14-24-27)25-22(28)9-11-26-12-10-23-17(26)3/h7-8,10,12-14,20H,4-6,9,11H2,1-3H3,(H,25,28)/t20-/m0/s1. The first-order valence-corrected chi connectivity index (χ1v) is 9.94. The molecule has 2 aromatic heterocycles. The van der Waals surface area contributed by atoms with Crippen LogP contribution >= 0.6 is 0 Å². The van der Waals surface area contributed by atoms with Crippen LogP contribution in [-0.4, -0.2) is 25.2 Å². The SMILES string of the molecule is Cc1ccc(-n2ncc3c2CCC[C@@H]3NC(=O)CCn2ccnc2C)cc1C. The van der Waals surface area contributed by atoms with Crippen molar-refractivity contribution in [2.24, 2.45) is 0 Å². The molecule has 3 aromatic rings. The Balaban J connectivity index is 1.48. The highest BCUT2D eigenvalue weighted by molar-refractivity contribution is 5.76. The number of hydrogen-bond acceptors (Lipinski definition) is 3. The van der Waals surface area contributed by atoms with Crippen molar-refractivity contribution in [3.63, 3.8) is 0 Å². The van der Waals surface area contributed by atoms with Gasteiger partial charge in [0.2, 0.25) is 5.91 Å². The Kier molecular flexibility index (Phi) is 5.03. The van der Waals surface area contributed by atoms with Gasteiger partial charge in [-0.15, -0.1) is 0 Å². The number of fused-ring (bicyclic) bond motifs is 1. The minimum atomic E-state index is 0.0421. The second-order valence-electron chi connectivity index (χ2n) is 7.66. The number of benzene rings is 1. The van der Waals surface area contributed by atoms with Gasteiger partial charge in [0, 0.05) is 36.6 Å². The number of aromatic nitrogens is 4. The van der Waals surface area contributed by atoms with Crippen molar-refractivity contribution in [3.05, 3.63) is 65.0 Å². The highest BCUT2D eigenvalue weighted by Crippen LogP contribution is 2.31. The minimum absolute atomic E-state index is 0.0421. The maximum Gasteiger partial charge on any atom is 0.222 e. The fraction of sp³-hybridized carbons (Fsp3) is 0.409. The van der Waals surface area contributed by atoms with Gasteiger partial charge in [0.1, 0.15) is 5.82 Å². The van der Waals surface area contributed by atoms with Crippen LogP contribution in [0.25, 0.3) is 5.69 Å². The van der Waals surface area contributed by atoms with Crippen molar-refractivity contribution in [2.45, 2.75) is 59.0 Å². The number of nitrogens with zero attached hydrogens (tertiary/aromatic N) is 4. The normalized spacial score (nSPS) is 16.0. The van der Waals surface area contributed by atoms with E-state index in [4.69, 9.17) is 0 Å². The van der Waals surface area contributed by atoms with E-state index in [2.05, 4.69) is 47.4 Å². The average molecular weight is 377 g/mol. The van der Waals surface area contributed by atoms with Crippen molar-refractivity contribution in [1.82, 2.24) is 24.6 Å². The third-order valence-electron chi connectivity index (χ3n) is 5.76. The molecule has 2 heterocycles. The van der Waals surface area contributed by atoms with Crippen LogP contribution < -0.4 is 5.32 Å². The third kappa shape index (κ3) is 3.59. The van der Waals surface area contributed by atoms with Crippen LogP contribution in [-0.2, 0) is 17.8 Å². The summed E-state index contributed by atoms with van der Waals surface area (Å²) in [7, 11) is 0. The zero-order valence-electron chi connectivity index (χ0n) is 16.8. The van der Waals surface area contributed by atoms with Gasteiger partial charge in [-0.1, -0.05) is 6.07 Å². The molecule has 28 heavy (non-hydrogen) atoms. The monoisotopic (exact) mass is 377 g/mol. The summed E-state index contributed by atoms with van der Waals surface area (Å²) >= 11 is 0. The van der Waals surface area contributed by atoms with Crippen LogP contribution in [0.3, 0.4) is 0 Å². The second-order valence-corrected chi connectivity index (χ2v) is 7.66. The second kappa shape index (κ2) is 7.62. The van der Waals surface area contributed by atoms with E-state index < -0.39 is 0 Å². The molecule has 0 unspecified atom stereocenters. The predicted octanol–water partition coefficient (Wildman–Crippen LogP) is 3.58. The lowest BCUT2D eigenvalue weighted by Gasteiger charge is -2.24. The van der Waals surface area contributed by atoms with E-state index in [1.807, 2.05) is 28.6 Å². The maximum atomic E-state index is 12.5. The van der Waals surface area contributed by atoms with Crippen LogP contribution in [0.1, 0.15) is 53.5 Å². The summed E-state index contributed by atoms with van der Waals surface area (Å²) in [6.45, 7) is 6.85. The lowest BCUT2D eigenvalue weighted by molar-refractivity contribution is -0.122. The largest absolute Gasteiger partial charge is 0.349 e. The summed E-state index contributed by atoms with van der Waals surface area (Å²) in [5, 5.41) is 7.86. The van der Waals surface area contributed by atoms with E-state index >= 15 is 0 Å². The number of hydrogen-bond donors (Lipinski definition) is 1. The van der Waals surface area contributed by atoms with Crippen molar-refractivity contribution < 1.29 is 4.79 Å². The molecule has 6 nitrogen and oxygen atoms in total. The van der Waals surface area contributed by atoms with E-state index in [9.17, 15) is 4.79 Å². The molecule has 4 rings (SSSR count). The predicted molar refractivity (Wildman–Crippen MR) is 108 cm³/mol. The van der Waals surface area contributed by atoms with Gasteiger partial charge in [-0.25, -0.2) is 9.67 Å². The summed E-state index contributed by atoms with van der Waals surface area (Å²) < 4.78 is 4.04. The van der Waals surface area contributed by atoms with Crippen molar-refractivity contribution in [2.75, 3.05) is 0 Å². The molecular formula is C22H27N5O. The third-order valence-corrected chi connectivity index (χ3v) is 5.76. The van der Waals surface area contributed by atoms with Gasteiger partial charge >= 0.3 is 0 Å². The number of carbonyl (C=O) groups excluding carboxylic acids is 1. The van der Waals surface area contributed by atoms with Gasteiger partial charge in [0.05, 0.1) is 17.9 Å². The zero-order valence-corrected chi connectivity index (χ0v) is 16.8. The Morgan fingerprint density at radius 2 is 2.11 bits per heavy atom. The van der Waals surface area contributed by atoms with E-state index in [0.717, 1.165) is 36.3 Å². The number of amides is 1. The first-order valence-electron chi connectivity index (χ1n) is 9.94. The van der Waals surface area contributed by atoms with Gasteiger partial charge < -0.3 is 9.88 Å². The van der Waals surface area contributed by atoms with E-state index in [-0.39, 0.29) is 11.9 Å². The highest BCUT2D eigenvalue weighted by atomic mass is 16.1. The molecule has 1 atom stereocenters. The molecule has 0 saturated carbocycles. The molecule has 0 bridgehead atoms. The summed E-state index contributed by atoms with van der Waals surface area (Å²) in [5.74, 6) is 1.01. The summed E-state index contributed by atoms with van der Waals surface area (Å²) in [4.78, 5) is 16.7. The van der Waals surface area contributed by atoms with Gasteiger partial charge in [0.15, 0.2) is 0 Å². The Bertz CT molecular complexity index is 1000. The molecule has 0 radical (unpaired) electrons. The van der Waals surface area contributed by atoms with E-state index in [0.29, 0.717) is 13.0 Å². The molecule has 1 aromatic carbocycles. The molecule has 0 saturated heterocycles. The van der Waals surface area contributed by atoms with Crippen LogP contribution in [0, 0.1) is 20.8 Å².